The first-order chi connectivity index (χ1) is 8.89. The summed E-state index contributed by atoms with van der Waals surface area (Å²) in [6.07, 6.45) is 6.86. The smallest absolute Gasteiger partial charge is 0.225 e. The number of amides is 1. The summed E-state index contributed by atoms with van der Waals surface area (Å²) in [7, 11) is 2.03. The largest absolute Gasteiger partial charge is 0.343 e. The van der Waals surface area contributed by atoms with Crippen molar-refractivity contribution in [2.75, 3.05) is 13.6 Å². The molecular weight excluding hydrogens is 236 g/mol. The van der Waals surface area contributed by atoms with Gasteiger partial charge in [0.25, 0.3) is 0 Å². The molecule has 2 unspecified atom stereocenters. The van der Waals surface area contributed by atoms with Crippen LogP contribution in [0, 0.1) is 11.3 Å². The van der Waals surface area contributed by atoms with Crippen LogP contribution in [0.25, 0.3) is 0 Å². The van der Waals surface area contributed by atoms with Crippen LogP contribution in [0.4, 0.5) is 0 Å². The van der Waals surface area contributed by atoms with E-state index in [1.807, 2.05) is 7.05 Å². The summed E-state index contributed by atoms with van der Waals surface area (Å²) in [5.74, 6) is 0.634. The first-order valence-corrected chi connectivity index (χ1v) is 7.89. The van der Waals surface area contributed by atoms with Gasteiger partial charge in [-0.05, 0) is 57.4 Å². The second-order valence-corrected chi connectivity index (χ2v) is 7.42. The number of nitrogens with zero attached hydrogens (tertiary/aromatic N) is 1. The molecule has 1 aliphatic carbocycles. The molecule has 1 heterocycles. The Morgan fingerprint density at radius 2 is 1.84 bits per heavy atom. The number of carbonyl (C=O) groups excluding carboxylic acids is 1. The first kappa shape index (κ1) is 14.8. The summed E-state index contributed by atoms with van der Waals surface area (Å²) in [5, 5.41) is 3.43. The molecule has 1 aliphatic heterocycles. The maximum Gasteiger partial charge on any atom is 0.225 e. The van der Waals surface area contributed by atoms with Crippen LogP contribution in [-0.2, 0) is 4.79 Å². The molecule has 0 aromatic carbocycles. The van der Waals surface area contributed by atoms with Crippen molar-refractivity contribution in [2.45, 2.75) is 71.4 Å². The molecule has 0 radical (unpaired) electrons. The summed E-state index contributed by atoms with van der Waals surface area (Å²) in [5.41, 5.74) is 0.476. The van der Waals surface area contributed by atoms with Crippen LogP contribution < -0.4 is 5.32 Å². The number of hydrogen-bond donors (Lipinski definition) is 1. The maximum absolute atomic E-state index is 12.6. The molecule has 2 aliphatic rings. The predicted molar refractivity (Wildman–Crippen MR) is 79.0 cm³/mol. The van der Waals surface area contributed by atoms with Crippen molar-refractivity contribution in [3.05, 3.63) is 0 Å². The average Bonchev–Trinajstić information content (AvgIpc) is 2.37. The molecule has 0 bridgehead atoms. The molecule has 0 aromatic rings. The van der Waals surface area contributed by atoms with Gasteiger partial charge in [-0.1, -0.05) is 13.8 Å². The fourth-order valence-corrected chi connectivity index (χ4v) is 3.60. The van der Waals surface area contributed by atoms with Crippen molar-refractivity contribution in [1.82, 2.24) is 10.2 Å². The van der Waals surface area contributed by atoms with Gasteiger partial charge in [0.05, 0.1) is 0 Å². The molecule has 2 fully saturated rings. The van der Waals surface area contributed by atoms with Crippen molar-refractivity contribution in [3.63, 3.8) is 0 Å². The Morgan fingerprint density at radius 3 is 2.42 bits per heavy atom. The van der Waals surface area contributed by atoms with Gasteiger partial charge < -0.3 is 10.2 Å². The minimum absolute atomic E-state index is 0.246. The lowest BCUT2D eigenvalue weighted by molar-refractivity contribution is -0.138. The first-order valence-electron chi connectivity index (χ1n) is 7.89. The molecule has 1 saturated heterocycles. The van der Waals surface area contributed by atoms with Crippen molar-refractivity contribution >= 4 is 5.91 Å². The second kappa shape index (κ2) is 5.82. The van der Waals surface area contributed by atoms with Crippen molar-refractivity contribution < 1.29 is 4.79 Å². The number of hydrogen-bond acceptors (Lipinski definition) is 2. The van der Waals surface area contributed by atoms with Gasteiger partial charge in [-0.2, -0.15) is 0 Å². The van der Waals surface area contributed by atoms with Crippen LogP contribution in [0.1, 0.15) is 59.3 Å². The van der Waals surface area contributed by atoms with E-state index in [0.717, 1.165) is 19.4 Å². The van der Waals surface area contributed by atoms with Crippen LogP contribution >= 0.6 is 0 Å². The molecule has 0 spiro atoms. The van der Waals surface area contributed by atoms with Crippen LogP contribution in [0.5, 0.6) is 0 Å². The van der Waals surface area contributed by atoms with Crippen LogP contribution in [-0.4, -0.2) is 36.5 Å². The molecule has 1 saturated carbocycles. The van der Waals surface area contributed by atoms with E-state index in [-0.39, 0.29) is 5.92 Å². The SMILES string of the molecule is CC1CC(C(=O)N(C)C2CCC(C)(C)CC2)CCN1. The standard InChI is InChI=1S/C16H30N2O/c1-12-11-13(7-10-17-12)15(19)18(4)14-5-8-16(2,3)9-6-14/h12-14,17H,5-11H2,1-4H3. The maximum atomic E-state index is 12.6. The van der Waals surface area contributed by atoms with E-state index in [2.05, 4.69) is 31.0 Å². The van der Waals surface area contributed by atoms with Gasteiger partial charge in [0.15, 0.2) is 0 Å². The molecule has 3 nitrogen and oxygen atoms in total. The van der Waals surface area contributed by atoms with Crippen molar-refractivity contribution in [3.8, 4) is 0 Å². The molecule has 19 heavy (non-hydrogen) atoms. The van der Waals surface area contributed by atoms with Gasteiger partial charge in [-0.3, -0.25) is 4.79 Å². The fourth-order valence-electron chi connectivity index (χ4n) is 3.60. The molecule has 1 N–H and O–H groups in total. The van der Waals surface area contributed by atoms with Crippen molar-refractivity contribution in [2.24, 2.45) is 11.3 Å². The molecule has 110 valence electrons. The zero-order chi connectivity index (χ0) is 14.0. The van der Waals surface area contributed by atoms with Crippen LogP contribution in [0.2, 0.25) is 0 Å². The Balaban J connectivity index is 1.88. The highest BCUT2D eigenvalue weighted by Gasteiger charge is 2.33. The van der Waals surface area contributed by atoms with E-state index in [1.165, 1.54) is 25.7 Å². The summed E-state index contributed by atoms with van der Waals surface area (Å²) in [6.45, 7) is 7.87. The summed E-state index contributed by atoms with van der Waals surface area (Å²) < 4.78 is 0. The quantitative estimate of drug-likeness (QED) is 0.833. The molecule has 2 rings (SSSR count). The zero-order valence-corrected chi connectivity index (χ0v) is 13.0. The van der Waals surface area contributed by atoms with Crippen molar-refractivity contribution in [1.29, 1.82) is 0 Å². The van der Waals surface area contributed by atoms with Gasteiger partial charge in [0, 0.05) is 25.0 Å². The minimum Gasteiger partial charge on any atom is -0.343 e. The molecule has 1 amide bonds. The normalized spacial score (nSPS) is 32.0. The number of carbonyl (C=O) groups is 1. The van der Waals surface area contributed by atoms with Gasteiger partial charge in [0.1, 0.15) is 0 Å². The summed E-state index contributed by atoms with van der Waals surface area (Å²) in [6, 6.07) is 0.965. The Hall–Kier alpha value is -0.570. The summed E-state index contributed by atoms with van der Waals surface area (Å²) in [4.78, 5) is 14.7. The molecule has 0 aromatic heterocycles. The Bertz CT molecular complexity index is 317. The van der Waals surface area contributed by atoms with Crippen LogP contribution in [0.15, 0.2) is 0 Å². The van der Waals surface area contributed by atoms with Gasteiger partial charge >= 0.3 is 0 Å². The average molecular weight is 266 g/mol. The zero-order valence-electron chi connectivity index (χ0n) is 13.0. The highest BCUT2D eigenvalue weighted by molar-refractivity contribution is 5.79. The van der Waals surface area contributed by atoms with E-state index >= 15 is 0 Å². The Kier molecular flexibility index (Phi) is 4.54. The van der Waals surface area contributed by atoms with E-state index in [0.29, 0.717) is 23.4 Å². The summed E-state index contributed by atoms with van der Waals surface area (Å²) >= 11 is 0. The topological polar surface area (TPSA) is 32.3 Å². The third kappa shape index (κ3) is 3.71. The number of piperidine rings is 1. The van der Waals surface area contributed by atoms with Crippen LogP contribution in [0.3, 0.4) is 0 Å². The Labute approximate surface area is 118 Å². The number of rotatable bonds is 2. The molecule has 2 atom stereocenters. The van der Waals surface area contributed by atoms with E-state index in [1.54, 1.807) is 0 Å². The lowest BCUT2D eigenvalue weighted by Crippen LogP contribution is -2.47. The van der Waals surface area contributed by atoms with E-state index in [4.69, 9.17) is 0 Å². The molecule has 3 heteroatoms. The third-order valence-corrected chi connectivity index (χ3v) is 5.18. The third-order valence-electron chi connectivity index (χ3n) is 5.18. The van der Waals surface area contributed by atoms with E-state index < -0.39 is 0 Å². The van der Waals surface area contributed by atoms with Gasteiger partial charge in [-0.15, -0.1) is 0 Å². The molecular formula is C16H30N2O. The number of nitrogens with one attached hydrogen (secondary N) is 1. The highest BCUT2D eigenvalue weighted by Crippen LogP contribution is 2.37. The lowest BCUT2D eigenvalue weighted by Gasteiger charge is -2.40. The minimum atomic E-state index is 0.246. The monoisotopic (exact) mass is 266 g/mol. The van der Waals surface area contributed by atoms with E-state index in [9.17, 15) is 4.79 Å². The Morgan fingerprint density at radius 1 is 1.21 bits per heavy atom. The van der Waals surface area contributed by atoms with Gasteiger partial charge in [0.2, 0.25) is 5.91 Å². The van der Waals surface area contributed by atoms with Gasteiger partial charge in [-0.25, -0.2) is 0 Å². The second-order valence-electron chi connectivity index (χ2n) is 7.42. The fraction of sp³-hybridized carbons (Fsp3) is 0.938. The highest BCUT2D eigenvalue weighted by atomic mass is 16.2. The predicted octanol–water partition coefficient (Wildman–Crippen LogP) is 2.80. The lowest BCUT2D eigenvalue weighted by atomic mass is 9.75.